The van der Waals surface area contributed by atoms with Crippen molar-refractivity contribution in [2.45, 2.75) is 38.5 Å². The summed E-state index contributed by atoms with van der Waals surface area (Å²) in [4.78, 5) is 26.0. The molecular weight excluding hydrogens is 342 g/mol. The second-order valence-corrected chi connectivity index (χ2v) is 7.95. The number of carboxylic acids is 1. The van der Waals surface area contributed by atoms with Crippen molar-refractivity contribution in [3.63, 3.8) is 0 Å². The third-order valence-electron chi connectivity index (χ3n) is 5.94. The summed E-state index contributed by atoms with van der Waals surface area (Å²) in [6.07, 6.45) is 2.50. The lowest BCUT2D eigenvalue weighted by molar-refractivity contribution is -0.143. The number of carboxylic acid groups (broad SMARTS) is 1. The van der Waals surface area contributed by atoms with E-state index in [1.165, 1.54) is 5.56 Å². The molecule has 27 heavy (non-hydrogen) atoms. The second kappa shape index (κ2) is 9.33. The van der Waals surface area contributed by atoms with E-state index in [4.69, 9.17) is 5.11 Å². The number of carbonyl (C=O) groups is 2. The third kappa shape index (κ3) is 5.53. The predicted octanol–water partition coefficient (Wildman–Crippen LogP) is 2.52. The van der Waals surface area contributed by atoms with Crippen LogP contribution in [0.4, 0.5) is 5.69 Å². The Morgan fingerprint density at radius 3 is 2.30 bits per heavy atom. The maximum absolute atomic E-state index is 12.5. The normalized spacial score (nSPS) is 24.9. The van der Waals surface area contributed by atoms with Gasteiger partial charge in [-0.25, -0.2) is 0 Å². The lowest BCUT2D eigenvalue weighted by Gasteiger charge is -2.29. The molecule has 148 valence electrons. The summed E-state index contributed by atoms with van der Waals surface area (Å²) in [7, 11) is 0. The number of carbonyl (C=O) groups excluding carboxylic acids is 1. The van der Waals surface area contributed by atoms with Gasteiger partial charge < -0.3 is 20.6 Å². The van der Waals surface area contributed by atoms with Crippen molar-refractivity contribution in [3.05, 3.63) is 29.8 Å². The van der Waals surface area contributed by atoms with Crippen LogP contribution in [0.2, 0.25) is 0 Å². The van der Waals surface area contributed by atoms with Crippen LogP contribution in [-0.2, 0) is 9.59 Å². The molecule has 6 nitrogen and oxygen atoms in total. The van der Waals surface area contributed by atoms with Crippen molar-refractivity contribution in [1.29, 1.82) is 0 Å². The zero-order valence-electron chi connectivity index (χ0n) is 16.1. The molecule has 1 aliphatic carbocycles. The number of piperazine rings is 1. The molecule has 2 fully saturated rings. The largest absolute Gasteiger partial charge is 0.481 e. The van der Waals surface area contributed by atoms with E-state index in [1.54, 1.807) is 0 Å². The first kappa shape index (κ1) is 19.8. The smallest absolute Gasteiger partial charge is 0.306 e. The fourth-order valence-corrected chi connectivity index (χ4v) is 4.13. The van der Waals surface area contributed by atoms with Gasteiger partial charge in [0.25, 0.3) is 0 Å². The zero-order chi connectivity index (χ0) is 19.2. The molecule has 1 heterocycles. The monoisotopic (exact) mass is 373 g/mol. The molecule has 1 unspecified atom stereocenters. The highest BCUT2D eigenvalue weighted by Gasteiger charge is 2.29. The summed E-state index contributed by atoms with van der Waals surface area (Å²) >= 11 is 0. The van der Waals surface area contributed by atoms with Gasteiger partial charge in [0, 0.05) is 44.3 Å². The Kier molecular flexibility index (Phi) is 6.85. The Hall–Kier alpha value is -1.92. The quantitative estimate of drug-likeness (QED) is 0.714. The first-order valence-corrected chi connectivity index (χ1v) is 10.1. The highest BCUT2D eigenvalue weighted by Crippen LogP contribution is 2.30. The molecule has 1 aromatic carbocycles. The van der Waals surface area contributed by atoms with Gasteiger partial charge in [-0.2, -0.15) is 0 Å². The van der Waals surface area contributed by atoms with E-state index in [-0.39, 0.29) is 17.7 Å². The van der Waals surface area contributed by atoms with Gasteiger partial charge in [0.15, 0.2) is 0 Å². The highest BCUT2D eigenvalue weighted by atomic mass is 16.4. The number of nitrogens with one attached hydrogen (secondary N) is 2. The highest BCUT2D eigenvalue weighted by molar-refractivity contribution is 5.92. The van der Waals surface area contributed by atoms with Crippen LogP contribution in [0.15, 0.2) is 24.3 Å². The molecule has 1 aliphatic heterocycles. The summed E-state index contributed by atoms with van der Waals surface area (Å²) in [5.41, 5.74) is 2.10. The first-order chi connectivity index (χ1) is 13.0. The maximum atomic E-state index is 12.5. The van der Waals surface area contributed by atoms with Crippen LogP contribution in [0.25, 0.3) is 0 Å². The Bertz CT molecular complexity index is 633. The first-order valence-electron chi connectivity index (χ1n) is 10.1. The molecule has 0 bridgehead atoms. The Morgan fingerprint density at radius 2 is 1.70 bits per heavy atom. The van der Waals surface area contributed by atoms with Gasteiger partial charge in [0.2, 0.25) is 5.91 Å². The molecule has 1 saturated heterocycles. The number of hydrogen-bond acceptors (Lipinski definition) is 4. The molecule has 3 N–H and O–H groups in total. The fourth-order valence-electron chi connectivity index (χ4n) is 4.13. The molecule has 2 aliphatic rings. The van der Waals surface area contributed by atoms with E-state index >= 15 is 0 Å². The van der Waals surface area contributed by atoms with Gasteiger partial charge >= 0.3 is 5.97 Å². The van der Waals surface area contributed by atoms with Gasteiger partial charge in [0.05, 0.1) is 5.92 Å². The summed E-state index contributed by atoms with van der Waals surface area (Å²) in [6, 6.07) is 8.16. The second-order valence-electron chi connectivity index (χ2n) is 7.95. The molecule has 0 aromatic heterocycles. The van der Waals surface area contributed by atoms with Crippen LogP contribution in [0.5, 0.6) is 0 Å². The van der Waals surface area contributed by atoms with Crippen LogP contribution in [0, 0.1) is 11.8 Å². The van der Waals surface area contributed by atoms with E-state index in [9.17, 15) is 9.59 Å². The van der Waals surface area contributed by atoms with E-state index in [0.29, 0.717) is 31.6 Å². The van der Waals surface area contributed by atoms with Crippen molar-refractivity contribution in [1.82, 2.24) is 10.2 Å². The van der Waals surface area contributed by atoms with Gasteiger partial charge in [-0.05, 0) is 49.3 Å². The number of hydrogen-bond donors (Lipinski definition) is 3. The average molecular weight is 373 g/mol. The number of amides is 1. The summed E-state index contributed by atoms with van der Waals surface area (Å²) in [5, 5.41) is 15.4. The fraction of sp³-hybridized carbons (Fsp3) is 0.619. The van der Waals surface area contributed by atoms with Crippen molar-refractivity contribution in [2.75, 3.05) is 38.0 Å². The van der Waals surface area contributed by atoms with Gasteiger partial charge in [-0.1, -0.05) is 19.1 Å². The minimum atomic E-state index is -0.737. The van der Waals surface area contributed by atoms with Crippen molar-refractivity contribution < 1.29 is 14.7 Å². The van der Waals surface area contributed by atoms with Crippen molar-refractivity contribution in [3.8, 4) is 0 Å². The number of benzene rings is 1. The van der Waals surface area contributed by atoms with Crippen molar-refractivity contribution >= 4 is 17.6 Å². The molecule has 1 aromatic rings. The van der Waals surface area contributed by atoms with Gasteiger partial charge in [-0.15, -0.1) is 0 Å². The molecule has 1 atom stereocenters. The van der Waals surface area contributed by atoms with Crippen LogP contribution >= 0.6 is 0 Å². The number of nitrogens with zero attached hydrogens (tertiary/aromatic N) is 1. The molecule has 3 rings (SSSR count). The Labute approximate surface area is 161 Å². The topological polar surface area (TPSA) is 81.7 Å². The van der Waals surface area contributed by atoms with E-state index in [1.807, 2.05) is 12.1 Å². The minimum Gasteiger partial charge on any atom is -0.481 e. The number of anilines is 1. The molecule has 0 spiro atoms. The SMILES string of the molecule is CC(CN1CCNCC1)c1ccc(NC(=O)C2CCC(C(=O)O)CC2)cc1. The molecule has 0 radical (unpaired) electrons. The summed E-state index contributed by atoms with van der Waals surface area (Å²) in [6.45, 7) is 7.63. The summed E-state index contributed by atoms with van der Waals surface area (Å²) < 4.78 is 0. The van der Waals surface area contributed by atoms with Crippen LogP contribution < -0.4 is 10.6 Å². The zero-order valence-corrected chi connectivity index (χ0v) is 16.1. The molecular formula is C21H31N3O3. The predicted molar refractivity (Wildman–Crippen MR) is 106 cm³/mol. The average Bonchev–Trinajstić information content (AvgIpc) is 2.69. The maximum Gasteiger partial charge on any atom is 0.306 e. The Balaban J connectivity index is 1.48. The van der Waals surface area contributed by atoms with Crippen LogP contribution in [0.1, 0.15) is 44.1 Å². The van der Waals surface area contributed by atoms with E-state index in [2.05, 4.69) is 34.6 Å². The summed E-state index contributed by atoms with van der Waals surface area (Å²) in [5.74, 6) is -0.628. The van der Waals surface area contributed by atoms with E-state index < -0.39 is 5.97 Å². The lowest BCUT2D eigenvalue weighted by atomic mass is 9.81. The van der Waals surface area contributed by atoms with Gasteiger partial charge in [-0.3, -0.25) is 9.59 Å². The lowest BCUT2D eigenvalue weighted by Crippen LogP contribution is -2.44. The number of rotatable bonds is 6. The Morgan fingerprint density at radius 1 is 1.11 bits per heavy atom. The minimum absolute atomic E-state index is 0.0143. The number of aliphatic carboxylic acids is 1. The molecule has 1 saturated carbocycles. The third-order valence-corrected chi connectivity index (χ3v) is 5.94. The van der Waals surface area contributed by atoms with E-state index in [0.717, 1.165) is 38.4 Å². The van der Waals surface area contributed by atoms with Crippen molar-refractivity contribution in [2.24, 2.45) is 11.8 Å². The van der Waals surface area contributed by atoms with Crippen LogP contribution in [-0.4, -0.2) is 54.6 Å². The van der Waals surface area contributed by atoms with Crippen LogP contribution in [0.3, 0.4) is 0 Å². The molecule has 1 amide bonds. The standard InChI is InChI=1S/C21H31N3O3/c1-15(14-24-12-10-22-11-13-24)16-6-8-19(9-7-16)23-20(25)17-2-4-18(5-3-17)21(26)27/h6-9,15,17-18,22H,2-5,10-14H2,1H3,(H,23,25)(H,26,27). The molecule has 6 heteroatoms. The van der Waals surface area contributed by atoms with Gasteiger partial charge in [0.1, 0.15) is 0 Å².